The van der Waals surface area contributed by atoms with E-state index in [2.05, 4.69) is 20.8 Å². The molecule has 4 rings (SSSR count). The molecule has 0 fully saturated rings. The van der Waals surface area contributed by atoms with Gasteiger partial charge >= 0.3 is 0 Å². The molecule has 10 heteroatoms. The summed E-state index contributed by atoms with van der Waals surface area (Å²) >= 11 is 0. The van der Waals surface area contributed by atoms with Crippen molar-refractivity contribution in [2.75, 3.05) is 11.6 Å². The number of carbonyl (C=O) groups excluding carboxylic acids is 1. The first-order valence-electron chi connectivity index (χ1n) is 9.13. The molecule has 4 aromatic rings. The molecule has 0 spiro atoms. The molecule has 0 saturated carbocycles. The highest BCUT2D eigenvalue weighted by atomic mass is 32.2. The van der Waals surface area contributed by atoms with Gasteiger partial charge in [-0.05, 0) is 40.8 Å². The van der Waals surface area contributed by atoms with E-state index in [-0.39, 0.29) is 10.6 Å². The Morgan fingerprint density at radius 3 is 2.58 bits per heavy atom. The van der Waals surface area contributed by atoms with Gasteiger partial charge in [-0.15, -0.1) is 5.10 Å². The highest BCUT2D eigenvalue weighted by Crippen LogP contribution is 2.22. The molecule has 0 saturated heterocycles. The van der Waals surface area contributed by atoms with Crippen molar-refractivity contribution in [3.63, 3.8) is 0 Å². The molecule has 0 unspecified atom stereocenters. The first-order chi connectivity index (χ1) is 14.9. The minimum absolute atomic E-state index is 0.0866. The summed E-state index contributed by atoms with van der Waals surface area (Å²) in [5.41, 5.74) is 1.11. The third kappa shape index (κ3) is 4.59. The molecule has 2 aromatic carbocycles. The number of rotatable bonds is 6. The smallest absolute Gasteiger partial charge is 0.274 e. The van der Waals surface area contributed by atoms with Crippen molar-refractivity contribution in [3.8, 4) is 11.4 Å². The van der Waals surface area contributed by atoms with Crippen LogP contribution in [-0.4, -0.2) is 40.8 Å². The summed E-state index contributed by atoms with van der Waals surface area (Å²) in [5.74, 6) is 0.231. The fraction of sp³-hybridized carbons (Fsp3) is 0.0476. The van der Waals surface area contributed by atoms with Gasteiger partial charge in [0.15, 0.2) is 15.7 Å². The predicted octanol–water partition coefficient (Wildman–Crippen LogP) is 2.97. The van der Waals surface area contributed by atoms with Crippen LogP contribution in [-0.2, 0) is 14.6 Å². The van der Waals surface area contributed by atoms with Crippen molar-refractivity contribution < 1.29 is 17.6 Å². The number of anilines is 1. The van der Waals surface area contributed by atoms with E-state index in [1.54, 1.807) is 24.3 Å². The minimum Gasteiger partial charge on any atom is -0.465 e. The van der Waals surface area contributed by atoms with Gasteiger partial charge in [0.2, 0.25) is 0 Å². The Balaban J connectivity index is 1.75. The number of hydrogen-bond donors (Lipinski definition) is 1. The highest BCUT2D eigenvalue weighted by molar-refractivity contribution is 7.90. The van der Waals surface area contributed by atoms with Crippen LogP contribution in [0.5, 0.6) is 0 Å². The van der Waals surface area contributed by atoms with Gasteiger partial charge in [-0.25, -0.2) is 8.42 Å². The van der Waals surface area contributed by atoms with Gasteiger partial charge in [0, 0.05) is 23.6 Å². The minimum atomic E-state index is -3.43. The number of nitrogens with one attached hydrogen (secondary N) is 1. The van der Waals surface area contributed by atoms with Crippen LogP contribution in [0.3, 0.4) is 0 Å². The Hall–Kier alpha value is -4.05. The maximum absolute atomic E-state index is 13.2. The van der Waals surface area contributed by atoms with Gasteiger partial charge in [-0.2, -0.15) is 4.68 Å². The second kappa shape index (κ2) is 8.36. The summed E-state index contributed by atoms with van der Waals surface area (Å²) in [4.78, 5) is 13.3. The summed E-state index contributed by atoms with van der Waals surface area (Å²) in [6, 6.07) is 18.5. The average molecular weight is 435 g/mol. The van der Waals surface area contributed by atoms with E-state index in [9.17, 15) is 13.2 Å². The van der Waals surface area contributed by atoms with Crippen LogP contribution in [0.1, 0.15) is 5.76 Å². The molecule has 2 aromatic heterocycles. The monoisotopic (exact) mass is 435 g/mol. The number of sulfone groups is 1. The molecule has 1 amide bonds. The number of benzene rings is 2. The SMILES string of the molecule is CS(=O)(=O)c1cccc(NC(=O)/C(=C/c2ccco2)n2nnnc2-c2ccccc2)c1. The third-order valence-corrected chi connectivity index (χ3v) is 5.41. The summed E-state index contributed by atoms with van der Waals surface area (Å²) in [7, 11) is -3.43. The molecule has 0 radical (unpaired) electrons. The Morgan fingerprint density at radius 1 is 1.06 bits per heavy atom. The molecule has 1 N–H and O–H groups in total. The average Bonchev–Trinajstić information content (AvgIpc) is 3.44. The lowest BCUT2D eigenvalue weighted by Crippen LogP contribution is -2.19. The van der Waals surface area contributed by atoms with E-state index in [4.69, 9.17) is 4.42 Å². The van der Waals surface area contributed by atoms with E-state index in [1.807, 2.05) is 30.3 Å². The number of tetrazole rings is 1. The summed E-state index contributed by atoms with van der Waals surface area (Å²) < 4.78 is 30.3. The number of nitrogens with zero attached hydrogens (tertiary/aromatic N) is 4. The van der Waals surface area contributed by atoms with Crippen molar-refractivity contribution >= 4 is 33.2 Å². The topological polar surface area (TPSA) is 120 Å². The van der Waals surface area contributed by atoms with E-state index in [1.165, 1.54) is 29.2 Å². The van der Waals surface area contributed by atoms with Crippen LogP contribution < -0.4 is 5.32 Å². The summed E-state index contributed by atoms with van der Waals surface area (Å²) in [5, 5.41) is 14.4. The quantitative estimate of drug-likeness (QED) is 0.462. The first-order valence-corrected chi connectivity index (χ1v) is 11.0. The fourth-order valence-electron chi connectivity index (χ4n) is 2.85. The molecule has 9 nitrogen and oxygen atoms in total. The molecule has 0 atom stereocenters. The van der Waals surface area contributed by atoms with Crippen molar-refractivity contribution in [1.82, 2.24) is 20.2 Å². The van der Waals surface area contributed by atoms with Crippen molar-refractivity contribution in [2.24, 2.45) is 0 Å². The molecular weight excluding hydrogens is 418 g/mol. The molecule has 156 valence electrons. The van der Waals surface area contributed by atoms with Crippen LogP contribution >= 0.6 is 0 Å². The highest BCUT2D eigenvalue weighted by Gasteiger charge is 2.20. The normalized spacial score (nSPS) is 12.0. The van der Waals surface area contributed by atoms with Gasteiger partial charge in [-0.1, -0.05) is 36.4 Å². The summed E-state index contributed by atoms with van der Waals surface area (Å²) in [6.07, 6.45) is 4.08. The Morgan fingerprint density at radius 2 is 1.87 bits per heavy atom. The van der Waals surface area contributed by atoms with E-state index < -0.39 is 15.7 Å². The van der Waals surface area contributed by atoms with Crippen LogP contribution in [0.25, 0.3) is 23.2 Å². The molecular formula is C21H17N5O4S. The second-order valence-electron chi connectivity index (χ2n) is 6.58. The molecule has 0 aliphatic heterocycles. The maximum Gasteiger partial charge on any atom is 0.274 e. The Kier molecular flexibility index (Phi) is 5.46. The standard InChI is InChI=1S/C21H17N5O4S/c1-31(28,29)18-11-5-9-16(13-18)22-21(27)19(14-17-10-6-12-30-17)26-20(23-24-25-26)15-7-3-2-4-8-15/h2-14H,1H3,(H,22,27)/b19-14-. The first kappa shape index (κ1) is 20.2. The molecule has 2 heterocycles. The van der Waals surface area contributed by atoms with E-state index in [0.29, 0.717) is 22.8 Å². The van der Waals surface area contributed by atoms with E-state index in [0.717, 1.165) is 6.26 Å². The zero-order valence-corrected chi connectivity index (χ0v) is 17.2. The molecule has 0 aliphatic rings. The van der Waals surface area contributed by atoms with Gasteiger partial charge < -0.3 is 9.73 Å². The molecule has 0 aliphatic carbocycles. The van der Waals surface area contributed by atoms with Crippen LogP contribution in [0.4, 0.5) is 5.69 Å². The van der Waals surface area contributed by atoms with Crippen molar-refractivity contribution in [2.45, 2.75) is 4.90 Å². The van der Waals surface area contributed by atoms with Crippen LogP contribution in [0.15, 0.2) is 82.3 Å². The Labute approximate surface area is 177 Å². The molecule has 0 bridgehead atoms. The van der Waals surface area contributed by atoms with Crippen LogP contribution in [0, 0.1) is 0 Å². The van der Waals surface area contributed by atoms with E-state index >= 15 is 0 Å². The maximum atomic E-state index is 13.2. The fourth-order valence-corrected chi connectivity index (χ4v) is 3.51. The second-order valence-corrected chi connectivity index (χ2v) is 8.60. The predicted molar refractivity (Wildman–Crippen MR) is 114 cm³/mol. The van der Waals surface area contributed by atoms with Gasteiger partial charge in [0.1, 0.15) is 11.5 Å². The lowest BCUT2D eigenvalue weighted by Gasteiger charge is -2.11. The largest absolute Gasteiger partial charge is 0.465 e. The Bertz CT molecular complexity index is 1340. The van der Waals surface area contributed by atoms with Crippen molar-refractivity contribution in [1.29, 1.82) is 0 Å². The van der Waals surface area contributed by atoms with Gasteiger partial charge in [0.25, 0.3) is 5.91 Å². The summed E-state index contributed by atoms with van der Waals surface area (Å²) in [6.45, 7) is 0. The van der Waals surface area contributed by atoms with Gasteiger partial charge in [-0.3, -0.25) is 4.79 Å². The number of furan rings is 1. The lowest BCUT2D eigenvalue weighted by atomic mass is 10.2. The van der Waals surface area contributed by atoms with Crippen molar-refractivity contribution in [3.05, 3.63) is 78.8 Å². The number of carbonyl (C=O) groups is 1. The molecule has 31 heavy (non-hydrogen) atoms. The zero-order valence-electron chi connectivity index (χ0n) is 16.3. The zero-order chi connectivity index (χ0) is 21.8. The van der Waals surface area contributed by atoms with Crippen LogP contribution in [0.2, 0.25) is 0 Å². The number of hydrogen-bond acceptors (Lipinski definition) is 7. The van der Waals surface area contributed by atoms with Gasteiger partial charge in [0.05, 0.1) is 11.2 Å². The lowest BCUT2D eigenvalue weighted by molar-refractivity contribution is -0.111. The number of amides is 1. The third-order valence-electron chi connectivity index (χ3n) is 4.30. The number of aromatic nitrogens is 4.